The van der Waals surface area contributed by atoms with Crippen molar-refractivity contribution < 1.29 is 13.9 Å². The number of hydrogen-bond donors (Lipinski definition) is 1. The fourth-order valence-electron chi connectivity index (χ4n) is 4.34. The molecule has 0 aliphatic carbocycles. The van der Waals surface area contributed by atoms with E-state index in [0.717, 1.165) is 39.0 Å². The lowest BCUT2D eigenvalue weighted by Crippen LogP contribution is -2.40. The van der Waals surface area contributed by atoms with E-state index < -0.39 is 17.7 Å². The van der Waals surface area contributed by atoms with Crippen LogP contribution < -0.4 is 4.90 Å². The van der Waals surface area contributed by atoms with Crippen molar-refractivity contribution in [1.29, 1.82) is 0 Å². The number of fused-ring (bicyclic) bond motifs is 1. The fourth-order valence-corrected chi connectivity index (χ4v) is 4.34. The number of aromatic nitrogens is 2. The molecule has 5 nitrogen and oxygen atoms in total. The van der Waals surface area contributed by atoms with Gasteiger partial charge in [-0.1, -0.05) is 24.3 Å². The molecule has 1 amide bonds. The lowest BCUT2D eigenvalue weighted by atomic mass is 9.96. The highest BCUT2D eigenvalue weighted by Gasteiger charge is 2.34. The van der Waals surface area contributed by atoms with E-state index in [1.807, 2.05) is 45.9 Å². The van der Waals surface area contributed by atoms with Crippen molar-refractivity contribution >= 4 is 22.7 Å². The highest BCUT2D eigenvalue weighted by atomic mass is 19.1. The summed E-state index contributed by atoms with van der Waals surface area (Å²) in [6.07, 6.45) is 1.77. The molecule has 1 N–H and O–H groups in total. The topological polar surface area (TPSA) is 58.2 Å². The summed E-state index contributed by atoms with van der Waals surface area (Å²) in [5.74, 6) is -0.371. The Morgan fingerprint density at radius 1 is 1.06 bits per heavy atom. The molecular weight excluding hydrogens is 441 g/mol. The molecule has 0 aliphatic rings. The first kappa shape index (κ1) is 24.5. The minimum atomic E-state index is -0.707. The van der Waals surface area contributed by atoms with Crippen molar-refractivity contribution in [3.05, 3.63) is 94.7 Å². The summed E-state index contributed by atoms with van der Waals surface area (Å²) in [5.41, 5.74) is 5.85. The first-order valence-corrected chi connectivity index (χ1v) is 11.8. The maximum absolute atomic E-state index is 13.8. The third-order valence-electron chi connectivity index (χ3n) is 6.26. The monoisotopic (exact) mass is 473 g/mol. The van der Waals surface area contributed by atoms with Crippen LogP contribution in [0, 0.1) is 26.6 Å². The molecule has 4 aromatic rings. The lowest BCUT2D eigenvalue weighted by molar-refractivity contribution is 0.0564. The van der Waals surface area contributed by atoms with Gasteiger partial charge in [-0.2, -0.15) is 0 Å². The molecule has 0 saturated carbocycles. The van der Waals surface area contributed by atoms with Gasteiger partial charge in [-0.25, -0.2) is 9.18 Å². The van der Waals surface area contributed by atoms with Crippen molar-refractivity contribution in [2.75, 3.05) is 4.90 Å². The Kier molecular flexibility index (Phi) is 6.66. The number of anilines is 1. The van der Waals surface area contributed by atoms with Gasteiger partial charge in [-0.05, 0) is 95.0 Å². The first-order valence-electron chi connectivity index (χ1n) is 11.8. The number of pyridine rings is 1. The normalized spacial score (nSPS) is 12.5. The van der Waals surface area contributed by atoms with E-state index in [1.54, 1.807) is 23.2 Å². The minimum Gasteiger partial charge on any atom is -0.443 e. The van der Waals surface area contributed by atoms with Gasteiger partial charge in [0, 0.05) is 23.0 Å². The molecule has 0 bridgehead atoms. The molecule has 1 unspecified atom stereocenters. The number of ether oxygens (including phenoxy) is 1. The van der Waals surface area contributed by atoms with Gasteiger partial charge >= 0.3 is 6.09 Å². The van der Waals surface area contributed by atoms with Crippen LogP contribution in [0.25, 0.3) is 10.9 Å². The van der Waals surface area contributed by atoms with E-state index in [-0.39, 0.29) is 5.82 Å². The highest BCUT2D eigenvalue weighted by molar-refractivity contribution is 5.91. The molecule has 0 spiro atoms. The average molecular weight is 474 g/mol. The van der Waals surface area contributed by atoms with Crippen LogP contribution in [0.4, 0.5) is 14.9 Å². The Labute approximate surface area is 206 Å². The predicted octanol–water partition coefficient (Wildman–Crippen LogP) is 7.35. The van der Waals surface area contributed by atoms with E-state index in [4.69, 9.17) is 9.72 Å². The second-order valence-electron chi connectivity index (χ2n) is 9.97. The zero-order valence-electron chi connectivity index (χ0n) is 21.1. The van der Waals surface area contributed by atoms with Gasteiger partial charge in [-0.3, -0.25) is 9.88 Å². The number of benzene rings is 2. The molecule has 6 heteroatoms. The second kappa shape index (κ2) is 9.53. The summed E-state index contributed by atoms with van der Waals surface area (Å²) in [6.45, 7) is 11.7. The number of carbonyl (C=O) groups excluding carboxylic acids is 1. The number of aryl methyl sites for hydroxylation is 3. The maximum Gasteiger partial charge on any atom is 0.415 e. The number of amides is 1. The molecule has 1 atom stereocenters. The standard InChI is InChI=1S/C29H32FN3O2/c1-18-9-7-8-10-21(18)17-25(27-26-24(15-16-31-27)19(2)20(3)32-26)33(28(34)35-29(4,5)6)23-13-11-22(30)12-14-23/h7-16,25,32H,17H2,1-6H3. The Bertz CT molecular complexity index is 1350. The van der Waals surface area contributed by atoms with Crippen molar-refractivity contribution in [2.24, 2.45) is 0 Å². The van der Waals surface area contributed by atoms with Crippen molar-refractivity contribution in [3.8, 4) is 0 Å². The minimum absolute atomic E-state index is 0.371. The SMILES string of the molecule is Cc1ccccc1CC(c1nccc2c(C)c(C)[nH]c12)N(C(=O)OC(C)(C)C)c1ccc(F)cc1. The summed E-state index contributed by atoms with van der Waals surface area (Å²) in [6, 6.07) is 15.5. The molecule has 35 heavy (non-hydrogen) atoms. The van der Waals surface area contributed by atoms with Crippen molar-refractivity contribution in [1.82, 2.24) is 9.97 Å². The number of nitrogens with zero attached hydrogens (tertiary/aromatic N) is 2. The maximum atomic E-state index is 13.8. The number of nitrogens with one attached hydrogen (secondary N) is 1. The third-order valence-corrected chi connectivity index (χ3v) is 6.26. The van der Waals surface area contributed by atoms with E-state index in [1.165, 1.54) is 12.1 Å². The number of H-pyrrole nitrogens is 1. The van der Waals surface area contributed by atoms with Gasteiger partial charge in [0.1, 0.15) is 11.4 Å². The van der Waals surface area contributed by atoms with Gasteiger partial charge in [0.05, 0.1) is 17.3 Å². The summed E-state index contributed by atoms with van der Waals surface area (Å²) in [7, 11) is 0. The summed E-state index contributed by atoms with van der Waals surface area (Å²) >= 11 is 0. The molecule has 182 valence electrons. The Balaban J connectivity index is 1.95. The van der Waals surface area contributed by atoms with E-state index in [0.29, 0.717) is 12.1 Å². The van der Waals surface area contributed by atoms with Crippen LogP contribution in [-0.4, -0.2) is 21.7 Å². The van der Waals surface area contributed by atoms with Crippen LogP contribution in [0.5, 0.6) is 0 Å². The zero-order valence-corrected chi connectivity index (χ0v) is 21.1. The molecule has 2 aromatic heterocycles. The van der Waals surface area contributed by atoms with Crippen LogP contribution in [0.2, 0.25) is 0 Å². The molecule has 2 heterocycles. The predicted molar refractivity (Wildman–Crippen MR) is 138 cm³/mol. The zero-order chi connectivity index (χ0) is 25.3. The largest absolute Gasteiger partial charge is 0.443 e. The quantitative estimate of drug-likeness (QED) is 0.330. The van der Waals surface area contributed by atoms with Gasteiger partial charge in [0.2, 0.25) is 0 Å². The van der Waals surface area contributed by atoms with Crippen LogP contribution in [-0.2, 0) is 11.2 Å². The van der Waals surface area contributed by atoms with E-state index >= 15 is 0 Å². The molecule has 0 radical (unpaired) electrons. The highest BCUT2D eigenvalue weighted by Crippen LogP contribution is 2.36. The lowest BCUT2D eigenvalue weighted by Gasteiger charge is -2.34. The smallest absolute Gasteiger partial charge is 0.415 e. The molecule has 0 aliphatic heterocycles. The van der Waals surface area contributed by atoms with Crippen LogP contribution in [0.15, 0.2) is 60.8 Å². The van der Waals surface area contributed by atoms with Crippen LogP contribution in [0.3, 0.4) is 0 Å². The van der Waals surface area contributed by atoms with Gasteiger partial charge in [0.25, 0.3) is 0 Å². The fraction of sp³-hybridized carbons (Fsp3) is 0.310. The van der Waals surface area contributed by atoms with Crippen LogP contribution >= 0.6 is 0 Å². The van der Waals surface area contributed by atoms with Gasteiger partial charge < -0.3 is 9.72 Å². The number of carbonyl (C=O) groups is 1. The molecule has 0 fully saturated rings. The number of rotatable bonds is 5. The first-order chi connectivity index (χ1) is 16.5. The Morgan fingerprint density at radius 2 is 1.74 bits per heavy atom. The number of hydrogen-bond acceptors (Lipinski definition) is 3. The second-order valence-corrected chi connectivity index (χ2v) is 9.97. The average Bonchev–Trinajstić information content (AvgIpc) is 3.08. The molecule has 0 saturated heterocycles. The van der Waals surface area contributed by atoms with Crippen LogP contribution in [0.1, 0.15) is 54.9 Å². The Morgan fingerprint density at radius 3 is 2.40 bits per heavy atom. The summed E-state index contributed by atoms with van der Waals surface area (Å²) in [4.78, 5) is 23.6. The number of aromatic amines is 1. The van der Waals surface area contributed by atoms with Gasteiger partial charge in [0.15, 0.2) is 0 Å². The van der Waals surface area contributed by atoms with Crippen molar-refractivity contribution in [3.63, 3.8) is 0 Å². The summed E-state index contributed by atoms with van der Waals surface area (Å²) in [5, 5.41) is 1.06. The molecule has 4 rings (SSSR count). The molecule has 2 aromatic carbocycles. The Hall–Kier alpha value is -3.67. The summed E-state index contributed by atoms with van der Waals surface area (Å²) < 4.78 is 19.7. The third kappa shape index (κ3) is 5.21. The number of halogens is 1. The van der Waals surface area contributed by atoms with Gasteiger partial charge in [-0.15, -0.1) is 0 Å². The van der Waals surface area contributed by atoms with Crippen molar-refractivity contribution in [2.45, 2.75) is 59.6 Å². The van der Waals surface area contributed by atoms with E-state index in [9.17, 15) is 9.18 Å². The molecular formula is C29H32FN3O2. The van der Waals surface area contributed by atoms with E-state index in [2.05, 4.69) is 31.0 Å².